The number of hydrogen-bond donors (Lipinski definition) is 2. The predicted molar refractivity (Wildman–Crippen MR) is 86.4 cm³/mol. The molecule has 1 aromatic heterocycles. The largest absolute Gasteiger partial charge is 0.356 e. The molecule has 0 amide bonds. The molecule has 112 valence electrons. The lowest BCUT2D eigenvalue weighted by Crippen LogP contribution is -2.38. The minimum Gasteiger partial charge on any atom is -0.356 e. The highest BCUT2D eigenvalue weighted by atomic mass is 35.5. The number of rotatable bonds is 7. The predicted octanol–water partition coefficient (Wildman–Crippen LogP) is 2.88. The Morgan fingerprint density at radius 2 is 2.05 bits per heavy atom. The van der Waals surface area contributed by atoms with Gasteiger partial charge in [-0.1, -0.05) is 31.5 Å². The highest BCUT2D eigenvalue weighted by Gasteiger charge is 1.99. The number of hydrogen-bond acceptors (Lipinski definition) is 2. The third-order valence-corrected chi connectivity index (χ3v) is 3.19. The number of guanidine groups is 1. The standard InChI is InChI=1S/C15H25ClN4/c1-12(2)5-4-9-18-15(17-3)19-10-8-13-6-7-14(16)20-11-13/h6-7,11-12H,4-5,8-10H2,1-3H3,(H2,17,18,19). The van der Waals surface area contributed by atoms with Crippen LogP contribution in [0.5, 0.6) is 0 Å². The maximum Gasteiger partial charge on any atom is 0.190 e. The van der Waals surface area contributed by atoms with Crippen molar-refractivity contribution in [1.29, 1.82) is 0 Å². The molecule has 0 aliphatic rings. The van der Waals surface area contributed by atoms with E-state index in [1.165, 1.54) is 12.8 Å². The van der Waals surface area contributed by atoms with Crippen LogP contribution in [0.3, 0.4) is 0 Å². The quantitative estimate of drug-likeness (QED) is 0.352. The first-order chi connectivity index (χ1) is 9.61. The summed E-state index contributed by atoms with van der Waals surface area (Å²) in [7, 11) is 1.79. The summed E-state index contributed by atoms with van der Waals surface area (Å²) in [5.41, 5.74) is 1.16. The molecule has 0 fully saturated rings. The molecule has 0 aromatic carbocycles. The van der Waals surface area contributed by atoms with Crippen molar-refractivity contribution in [3.8, 4) is 0 Å². The zero-order valence-electron chi connectivity index (χ0n) is 12.6. The average molecular weight is 297 g/mol. The molecule has 0 saturated heterocycles. The number of pyridine rings is 1. The molecule has 0 spiro atoms. The van der Waals surface area contributed by atoms with Crippen molar-refractivity contribution in [3.63, 3.8) is 0 Å². The van der Waals surface area contributed by atoms with Crippen molar-refractivity contribution < 1.29 is 0 Å². The lowest BCUT2D eigenvalue weighted by molar-refractivity contribution is 0.549. The summed E-state index contributed by atoms with van der Waals surface area (Å²) in [5, 5.41) is 7.15. The molecule has 1 rings (SSSR count). The molecule has 0 bridgehead atoms. The molecule has 1 aromatic rings. The molecule has 2 N–H and O–H groups in total. The summed E-state index contributed by atoms with van der Waals surface area (Å²) >= 11 is 5.76. The van der Waals surface area contributed by atoms with Crippen LogP contribution in [0.15, 0.2) is 23.3 Å². The third kappa shape index (κ3) is 7.34. The average Bonchev–Trinajstić information content (AvgIpc) is 2.43. The second kappa shape index (κ2) is 9.59. The summed E-state index contributed by atoms with van der Waals surface area (Å²) in [6.45, 7) is 6.27. The highest BCUT2D eigenvalue weighted by molar-refractivity contribution is 6.29. The van der Waals surface area contributed by atoms with Crippen molar-refractivity contribution in [3.05, 3.63) is 29.0 Å². The Labute approximate surface area is 127 Å². The smallest absolute Gasteiger partial charge is 0.190 e. The van der Waals surface area contributed by atoms with E-state index in [2.05, 4.69) is 34.5 Å². The lowest BCUT2D eigenvalue weighted by atomic mass is 10.1. The second-order valence-corrected chi connectivity index (χ2v) is 5.59. The topological polar surface area (TPSA) is 49.3 Å². The van der Waals surface area contributed by atoms with Gasteiger partial charge in [0.15, 0.2) is 5.96 Å². The van der Waals surface area contributed by atoms with E-state index in [4.69, 9.17) is 11.6 Å². The van der Waals surface area contributed by atoms with Crippen molar-refractivity contribution >= 4 is 17.6 Å². The summed E-state index contributed by atoms with van der Waals surface area (Å²) in [6, 6.07) is 3.81. The number of aromatic nitrogens is 1. The Bertz CT molecular complexity index is 401. The first-order valence-corrected chi connectivity index (χ1v) is 7.54. The van der Waals surface area contributed by atoms with Crippen LogP contribution >= 0.6 is 11.6 Å². The highest BCUT2D eigenvalue weighted by Crippen LogP contribution is 2.05. The fourth-order valence-electron chi connectivity index (χ4n) is 1.82. The van der Waals surface area contributed by atoms with Crippen LogP contribution in [0.1, 0.15) is 32.3 Å². The zero-order chi connectivity index (χ0) is 14.8. The molecule has 1 heterocycles. The maximum absolute atomic E-state index is 5.76. The van der Waals surface area contributed by atoms with Gasteiger partial charge in [-0.15, -0.1) is 0 Å². The Hall–Kier alpha value is -1.29. The van der Waals surface area contributed by atoms with Crippen LogP contribution in [0.2, 0.25) is 5.15 Å². The minimum atomic E-state index is 0.532. The van der Waals surface area contributed by atoms with E-state index < -0.39 is 0 Å². The van der Waals surface area contributed by atoms with E-state index in [0.717, 1.165) is 37.0 Å². The molecule has 0 atom stereocenters. The minimum absolute atomic E-state index is 0.532. The molecule has 0 aliphatic heterocycles. The number of halogens is 1. The normalized spacial score (nSPS) is 11.8. The Morgan fingerprint density at radius 1 is 1.30 bits per heavy atom. The summed E-state index contributed by atoms with van der Waals surface area (Å²) < 4.78 is 0. The van der Waals surface area contributed by atoms with Crippen LogP contribution in [-0.2, 0) is 6.42 Å². The number of nitrogens with one attached hydrogen (secondary N) is 2. The van der Waals surface area contributed by atoms with Crippen molar-refractivity contribution in [2.75, 3.05) is 20.1 Å². The van der Waals surface area contributed by atoms with Crippen LogP contribution < -0.4 is 10.6 Å². The van der Waals surface area contributed by atoms with Gasteiger partial charge in [0.2, 0.25) is 0 Å². The van der Waals surface area contributed by atoms with E-state index in [0.29, 0.717) is 5.15 Å². The Kier molecular flexibility index (Phi) is 8.04. The molecule has 0 radical (unpaired) electrons. The molecule has 0 saturated carbocycles. The molecule has 20 heavy (non-hydrogen) atoms. The van der Waals surface area contributed by atoms with Crippen LogP contribution in [0.4, 0.5) is 0 Å². The summed E-state index contributed by atoms with van der Waals surface area (Å²) in [5.74, 6) is 1.61. The van der Waals surface area contributed by atoms with E-state index in [1.54, 1.807) is 7.05 Å². The van der Waals surface area contributed by atoms with Crippen molar-refractivity contribution in [2.45, 2.75) is 33.1 Å². The van der Waals surface area contributed by atoms with Crippen LogP contribution in [-0.4, -0.2) is 31.1 Å². The van der Waals surface area contributed by atoms with Gasteiger partial charge in [0.05, 0.1) is 0 Å². The second-order valence-electron chi connectivity index (χ2n) is 5.20. The number of nitrogens with zero attached hydrogens (tertiary/aromatic N) is 2. The SMILES string of the molecule is CN=C(NCCCC(C)C)NCCc1ccc(Cl)nc1. The summed E-state index contributed by atoms with van der Waals surface area (Å²) in [6.07, 6.45) is 5.11. The van der Waals surface area contributed by atoms with Crippen LogP contribution in [0.25, 0.3) is 0 Å². The van der Waals surface area contributed by atoms with Gasteiger partial charge in [0, 0.05) is 26.3 Å². The zero-order valence-corrected chi connectivity index (χ0v) is 13.4. The first kappa shape index (κ1) is 16.8. The fourth-order valence-corrected chi connectivity index (χ4v) is 1.93. The van der Waals surface area contributed by atoms with Crippen LogP contribution in [0, 0.1) is 5.92 Å². The van der Waals surface area contributed by atoms with E-state index in [-0.39, 0.29) is 0 Å². The van der Waals surface area contributed by atoms with E-state index in [1.807, 2.05) is 18.3 Å². The molecule has 5 heteroatoms. The van der Waals surface area contributed by atoms with Gasteiger partial charge in [0.1, 0.15) is 5.15 Å². The lowest BCUT2D eigenvalue weighted by Gasteiger charge is -2.12. The molecule has 0 unspecified atom stereocenters. The van der Waals surface area contributed by atoms with Crippen molar-refractivity contribution in [1.82, 2.24) is 15.6 Å². The maximum atomic E-state index is 5.76. The van der Waals surface area contributed by atoms with Gasteiger partial charge < -0.3 is 10.6 Å². The van der Waals surface area contributed by atoms with Gasteiger partial charge >= 0.3 is 0 Å². The third-order valence-electron chi connectivity index (χ3n) is 2.97. The summed E-state index contributed by atoms with van der Waals surface area (Å²) in [4.78, 5) is 8.27. The molecule has 4 nitrogen and oxygen atoms in total. The van der Waals surface area contributed by atoms with Gasteiger partial charge in [-0.25, -0.2) is 4.98 Å². The van der Waals surface area contributed by atoms with Gasteiger partial charge in [-0.2, -0.15) is 0 Å². The Morgan fingerprint density at radius 3 is 2.65 bits per heavy atom. The molecular formula is C15H25ClN4. The van der Waals surface area contributed by atoms with Gasteiger partial charge in [-0.3, -0.25) is 4.99 Å². The first-order valence-electron chi connectivity index (χ1n) is 7.16. The number of aliphatic imine (C=N–C) groups is 1. The Balaban J connectivity index is 2.19. The fraction of sp³-hybridized carbons (Fsp3) is 0.600. The van der Waals surface area contributed by atoms with Gasteiger partial charge in [0.25, 0.3) is 0 Å². The molecule has 0 aliphatic carbocycles. The molecular weight excluding hydrogens is 272 g/mol. The monoisotopic (exact) mass is 296 g/mol. The van der Waals surface area contributed by atoms with Crippen molar-refractivity contribution in [2.24, 2.45) is 10.9 Å². The van der Waals surface area contributed by atoms with E-state index >= 15 is 0 Å². The van der Waals surface area contributed by atoms with E-state index in [9.17, 15) is 0 Å². The van der Waals surface area contributed by atoms with Gasteiger partial charge in [-0.05, 0) is 36.8 Å².